The topological polar surface area (TPSA) is 12.9 Å². The first-order chi connectivity index (χ1) is 4.20. The zero-order valence-corrected chi connectivity index (χ0v) is 4.86. The number of nitrogens with zero attached hydrogens (tertiary/aromatic N) is 1. The van der Waals surface area contributed by atoms with Crippen LogP contribution in [0.15, 0.2) is 12.3 Å². The van der Waals surface area contributed by atoms with Crippen LogP contribution in [0.3, 0.4) is 0 Å². The van der Waals surface area contributed by atoms with E-state index in [1.807, 2.05) is 0 Å². The predicted octanol–water partition coefficient (Wildman–Crippen LogP) is 2.30. The summed E-state index contributed by atoms with van der Waals surface area (Å²) in [5.41, 5.74) is 0.280. The van der Waals surface area contributed by atoms with Gasteiger partial charge in [0, 0.05) is 0 Å². The van der Waals surface area contributed by atoms with Gasteiger partial charge in [0.2, 0.25) is 5.95 Å². The molecule has 0 aromatic carbocycles. The maximum Gasteiger partial charge on any atom is 0.213 e. The minimum atomic E-state index is -0.645. The van der Waals surface area contributed by atoms with E-state index in [4.69, 9.17) is 0 Å². The highest BCUT2D eigenvalue weighted by Gasteiger charge is 1.96. The van der Waals surface area contributed by atoms with Crippen LogP contribution in [0.1, 0.15) is 13.0 Å². The van der Waals surface area contributed by atoms with Crippen molar-refractivity contribution < 1.29 is 8.78 Å². The zero-order valence-electron chi connectivity index (χ0n) is 4.86. The normalized spacial score (nSPS) is 8.70. The van der Waals surface area contributed by atoms with Crippen LogP contribution in [0.5, 0.6) is 0 Å². The molecule has 0 spiro atoms. The van der Waals surface area contributed by atoms with Gasteiger partial charge in [-0.2, -0.15) is 4.39 Å². The highest BCUT2D eigenvalue weighted by Crippen LogP contribution is 2.03. The number of rotatable bonds is 0. The second-order valence-corrected chi connectivity index (χ2v) is 1.76. The van der Waals surface area contributed by atoms with Crippen molar-refractivity contribution in [1.82, 2.24) is 4.98 Å². The average Bonchev–Trinajstić information content (AvgIpc) is 1.80. The van der Waals surface area contributed by atoms with Crippen molar-refractivity contribution in [2.45, 2.75) is 14.4 Å². The van der Waals surface area contributed by atoms with Crippen molar-refractivity contribution in [3.05, 3.63) is 29.6 Å². The van der Waals surface area contributed by atoms with Crippen molar-refractivity contribution in [2.24, 2.45) is 0 Å². The lowest BCUT2D eigenvalue weighted by atomic mass is 10.3. The van der Waals surface area contributed by atoms with Crippen LogP contribution in [0.25, 0.3) is 0 Å². The van der Waals surface area contributed by atoms with Crippen LogP contribution in [0.2, 0.25) is 0 Å². The molecule has 56 valence electrons. The summed E-state index contributed by atoms with van der Waals surface area (Å²) < 4.78 is 24.3. The third kappa shape index (κ3) is 1.76. The van der Waals surface area contributed by atoms with Crippen LogP contribution < -0.4 is 0 Å². The molecule has 0 aliphatic heterocycles. The Labute approximate surface area is 58.7 Å². The molecule has 1 aromatic heterocycles. The largest absolute Gasteiger partial charge is 0.225 e. The maximum atomic E-state index is 12.3. The molecule has 0 saturated heterocycles. The van der Waals surface area contributed by atoms with E-state index in [2.05, 4.69) is 4.98 Å². The molecule has 1 heterocycles. The Hall–Kier alpha value is -0.990. The van der Waals surface area contributed by atoms with Crippen LogP contribution in [0, 0.1) is 18.7 Å². The molecule has 0 bridgehead atoms. The number of pyridine rings is 1. The van der Waals surface area contributed by atoms with E-state index in [0.717, 1.165) is 12.3 Å². The highest BCUT2D eigenvalue weighted by molar-refractivity contribution is 5.10. The van der Waals surface area contributed by atoms with Gasteiger partial charge in [-0.05, 0) is 18.6 Å². The number of aryl methyl sites for hydroxylation is 1. The molecule has 0 aliphatic rings. The van der Waals surface area contributed by atoms with Gasteiger partial charge in [0.1, 0.15) is 5.82 Å². The van der Waals surface area contributed by atoms with Gasteiger partial charge in [0.05, 0.1) is 6.20 Å². The Bertz CT molecular complexity index is 223. The molecule has 1 nitrogen and oxygen atoms in total. The summed E-state index contributed by atoms with van der Waals surface area (Å²) >= 11 is 0. The molecular formula is C7H9F2N. The number of halogens is 2. The molecule has 0 saturated carbocycles. The fourth-order valence-corrected chi connectivity index (χ4v) is 0.505. The maximum absolute atomic E-state index is 12.3. The molecule has 3 heteroatoms. The van der Waals surface area contributed by atoms with Gasteiger partial charge in [-0.15, -0.1) is 0 Å². The Morgan fingerprint density at radius 2 is 2.00 bits per heavy atom. The summed E-state index contributed by atoms with van der Waals surface area (Å²) in [6.07, 6.45) is 0.866. The summed E-state index contributed by atoms with van der Waals surface area (Å²) in [4.78, 5) is 3.10. The molecule has 0 aliphatic carbocycles. The van der Waals surface area contributed by atoms with Crippen molar-refractivity contribution in [2.75, 3.05) is 0 Å². The third-order valence-corrected chi connectivity index (χ3v) is 1.01. The first-order valence-corrected chi connectivity index (χ1v) is 2.48. The Balaban J connectivity index is 0.000000810. The average molecular weight is 145 g/mol. The quantitative estimate of drug-likeness (QED) is 0.510. The van der Waals surface area contributed by atoms with Gasteiger partial charge in [-0.1, -0.05) is 7.43 Å². The van der Waals surface area contributed by atoms with Crippen molar-refractivity contribution in [3.63, 3.8) is 0 Å². The minimum absolute atomic E-state index is 0. The van der Waals surface area contributed by atoms with E-state index in [1.54, 1.807) is 0 Å². The monoisotopic (exact) mass is 145 g/mol. The van der Waals surface area contributed by atoms with Gasteiger partial charge in [0.25, 0.3) is 0 Å². The molecule has 0 atom stereocenters. The fourth-order valence-electron chi connectivity index (χ4n) is 0.505. The van der Waals surface area contributed by atoms with Gasteiger partial charge >= 0.3 is 0 Å². The molecule has 0 radical (unpaired) electrons. The van der Waals surface area contributed by atoms with Gasteiger partial charge in [-0.25, -0.2) is 9.37 Å². The first-order valence-electron chi connectivity index (χ1n) is 2.48. The van der Waals surface area contributed by atoms with E-state index in [0.29, 0.717) is 0 Å². The summed E-state index contributed by atoms with van der Waals surface area (Å²) in [7, 11) is 0. The molecular weight excluding hydrogens is 136 g/mol. The highest BCUT2D eigenvalue weighted by atomic mass is 19.1. The summed E-state index contributed by atoms with van der Waals surface area (Å²) in [6.45, 7) is 1.49. The number of hydrogen-bond acceptors (Lipinski definition) is 1. The number of aromatic nitrogens is 1. The van der Waals surface area contributed by atoms with Crippen molar-refractivity contribution in [3.8, 4) is 0 Å². The molecule has 1 rings (SSSR count). The smallest absolute Gasteiger partial charge is 0.213 e. The second-order valence-electron chi connectivity index (χ2n) is 1.76. The lowest BCUT2D eigenvalue weighted by Gasteiger charge is -1.91. The lowest BCUT2D eigenvalue weighted by Crippen LogP contribution is -1.87. The Kier molecular flexibility index (Phi) is 2.93. The van der Waals surface area contributed by atoms with E-state index in [9.17, 15) is 8.78 Å². The molecule has 10 heavy (non-hydrogen) atoms. The molecule has 0 unspecified atom stereocenters. The van der Waals surface area contributed by atoms with Crippen LogP contribution in [-0.4, -0.2) is 4.98 Å². The first kappa shape index (κ1) is 9.01. The van der Waals surface area contributed by atoms with E-state index in [1.165, 1.54) is 6.92 Å². The third-order valence-electron chi connectivity index (χ3n) is 1.01. The van der Waals surface area contributed by atoms with Crippen LogP contribution in [-0.2, 0) is 0 Å². The summed E-state index contributed by atoms with van der Waals surface area (Å²) in [5.74, 6) is -1.12. The lowest BCUT2D eigenvalue weighted by molar-refractivity contribution is 0.554. The summed E-state index contributed by atoms with van der Waals surface area (Å²) in [6, 6.07) is 1.05. The minimum Gasteiger partial charge on any atom is -0.225 e. The molecule has 0 N–H and O–H groups in total. The van der Waals surface area contributed by atoms with Crippen LogP contribution >= 0.6 is 0 Å². The SMILES string of the molecule is C.Cc1cc(F)ncc1F. The van der Waals surface area contributed by atoms with E-state index < -0.39 is 11.8 Å². The Morgan fingerprint density at radius 3 is 2.40 bits per heavy atom. The zero-order chi connectivity index (χ0) is 6.85. The van der Waals surface area contributed by atoms with Gasteiger partial charge in [-0.3, -0.25) is 0 Å². The number of hydrogen-bond donors (Lipinski definition) is 0. The molecule has 0 fully saturated rings. The fraction of sp³-hybridized carbons (Fsp3) is 0.286. The van der Waals surface area contributed by atoms with E-state index in [-0.39, 0.29) is 13.0 Å². The molecule has 0 amide bonds. The van der Waals surface area contributed by atoms with Gasteiger partial charge in [0.15, 0.2) is 0 Å². The summed E-state index contributed by atoms with van der Waals surface area (Å²) in [5, 5.41) is 0. The molecule has 1 aromatic rings. The van der Waals surface area contributed by atoms with Gasteiger partial charge < -0.3 is 0 Å². The predicted molar refractivity (Wildman–Crippen MR) is 35.6 cm³/mol. The standard InChI is InChI=1S/C6H5F2N.CH4/c1-4-2-6(8)9-3-5(4)7;/h2-3H,1H3;1H4. The Morgan fingerprint density at radius 1 is 1.40 bits per heavy atom. The second kappa shape index (κ2) is 3.25. The van der Waals surface area contributed by atoms with Crippen LogP contribution in [0.4, 0.5) is 8.78 Å². The van der Waals surface area contributed by atoms with Crippen molar-refractivity contribution in [1.29, 1.82) is 0 Å². The van der Waals surface area contributed by atoms with E-state index >= 15 is 0 Å². The van der Waals surface area contributed by atoms with Crippen molar-refractivity contribution >= 4 is 0 Å².